The minimum atomic E-state index is -0.390. The number of likely N-dealkylation sites (tertiary alicyclic amines) is 1. The van der Waals surface area contributed by atoms with E-state index < -0.39 is 5.82 Å². The Labute approximate surface area is 224 Å². The van der Waals surface area contributed by atoms with Gasteiger partial charge in [-0.3, -0.25) is 9.18 Å². The second-order valence-electron chi connectivity index (χ2n) is 9.37. The summed E-state index contributed by atoms with van der Waals surface area (Å²) in [7, 11) is 0. The number of alkyl halides is 1. The zero-order valence-electron chi connectivity index (χ0n) is 21.5. The summed E-state index contributed by atoms with van der Waals surface area (Å²) in [4.78, 5) is 16.1. The second kappa shape index (κ2) is 12.4. The number of hydrogen-bond acceptors (Lipinski definition) is 6. The molecule has 0 radical (unpaired) electrons. The molecule has 1 aliphatic rings. The molecule has 0 spiro atoms. The van der Waals surface area contributed by atoms with Crippen LogP contribution in [0.3, 0.4) is 0 Å². The summed E-state index contributed by atoms with van der Waals surface area (Å²) in [5.41, 5.74) is 1.52. The molecule has 0 aliphatic carbocycles. The predicted molar refractivity (Wildman–Crippen MR) is 147 cm³/mol. The quantitative estimate of drug-likeness (QED) is 0.238. The average molecular weight is 540 g/mol. The second-order valence-corrected chi connectivity index (χ2v) is 10.4. The van der Waals surface area contributed by atoms with E-state index >= 15 is 0 Å². The van der Waals surface area contributed by atoms with Crippen LogP contribution in [0.5, 0.6) is 23.0 Å². The Hall–Kier alpha value is -3.49. The van der Waals surface area contributed by atoms with Crippen LogP contribution in [0, 0.1) is 19.7 Å². The SMILES string of the molecule is Cc1cc(F)cc(C)c1C(=O)c1sc2cc(O)ccc2c1Oc1ccc(O)cc1.FCCCN1CCCC1. The predicted octanol–water partition coefficient (Wildman–Crippen LogP) is 7.53. The number of phenolic OH excluding ortho intramolecular Hbond substituents is 2. The van der Waals surface area contributed by atoms with Crippen LogP contribution in [0.1, 0.15) is 45.6 Å². The number of halogens is 2. The van der Waals surface area contributed by atoms with Crippen LogP contribution < -0.4 is 4.74 Å². The fourth-order valence-electron chi connectivity index (χ4n) is 4.62. The van der Waals surface area contributed by atoms with Crippen molar-refractivity contribution in [2.75, 3.05) is 26.3 Å². The lowest BCUT2D eigenvalue weighted by Crippen LogP contribution is -2.20. The van der Waals surface area contributed by atoms with Crippen molar-refractivity contribution in [3.63, 3.8) is 0 Å². The smallest absolute Gasteiger partial charge is 0.207 e. The summed E-state index contributed by atoms with van der Waals surface area (Å²) in [6.45, 7) is 6.60. The number of rotatable bonds is 7. The fraction of sp³-hybridized carbons (Fsp3) is 0.300. The van der Waals surface area contributed by atoms with E-state index in [1.807, 2.05) is 0 Å². The summed E-state index contributed by atoms with van der Waals surface area (Å²) >= 11 is 1.21. The summed E-state index contributed by atoms with van der Waals surface area (Å²) in [6.07, 6.45) is 3.35. The number of aryl methyl sites for hydroxylation is 2. The van der Waals surface area contributed by atoms with E-state index in [4.69, 9.17) is 4.74 Å². The Kier molecular flexibility index (Phi) is 8.97. The third-order valence-corrected chi connectivity index (χ3v) is 7.55. The number of carbonyl (C=O) groups is 1. The van der Waals surface area contributed by atoms with E-state index in [2.05, 4.69) is 4.90 Å². The lowest BCUT2D eigenvalue weighted by Gasteiger charge is -2.11. The number of aromatic hydroxyl groups is 2. The lowest BCUT2D eigenvalue weighted by atomic mass is 9.97. The van der Waals surface area contributed by atoms with Crippen LogP contribution in [0.4, 0.5) is 8.78 Å². The number of carbonyl (C=O) groups excluding carboxylic acids is 1. The zero-order valence-corrected chi connectivity index (χ0v) is 22.3. The number of phenols is 2. The van der Waals surface area contributed by atoms with Gasteiger partial charge in [0.2, 0.25) is 5.78 Å². The van der Waals surface area contributed by atoms with Crippen molar-refractivity contribution in [3.05, 3.63) is 82.0 Å². The topological polar surface area (TPSA) is 70.0 Å². The maximum atomic E-state index is 13.7. The molecule has 1 fully saturated rings. The van der Waals surface area contributed by atoms with Gasteiger partial charge in [-0.2, -0.15) is 0 Å². The van der Waals surface area contributed by atoms with Crippen molar-refractivity contribution in [2.45, 2.75) is 33.1 Å². The van der Waals surface area contributed by atoms with E-state index in [0.29, 0.717) is 43.2 Å². The Bertz CT molecular complexity index is 1390. The van der Waals surface area contributed by atoms with Crippen molar-refractivity contribution in [1.82, 2.24) is 4.90 Å². The van der Waals surface area contributed by atoms with Crippen molar-refractivity contribution in [2.24, 2.45) is 0 Å². The molecule has 0 amide bonds. The molecule has 3 aromatic carbocycles. The number of fused-ring (bicyclic) bond motifs is 1. The van der Waals surface area contributed by atoms with Gasteiger partial charge in [0.1, 0.15) is 27.9 Å². The molecule has 8 heteroatoms. The summed E-state index contributed by atoms with van der Waals surface area (Å²) in [5, 5.41) is 20.0. The van der Waals surface area contributed by atoms with Crippen LogP contribution in [0.25, 0.3) is 10.1 Å². The molecule has 0 saturated carbocycles. The minimum absolute atomic E-state index is 0.0862. The van der Waals surface area contributed by atoms with Gasteiger partial charge in [0.25, 0.3) is 0 Å². The lowest BCUT2D eigenvalue weighted by molar-refractivity contribution is 0.103. The van der Waals surface area contributed by atoms with Gasteiger partial charge >= 0.3 is 0 Å². The molecule has 1 aromatic heterocycles. The summed E-state index contributed by atoms with van der Waals surface area (Å²) in [5.74, 6) is 0.350. The van der Waals surface area contributed by atoms with Crippen LogP contribution >= 0.6 is 11.3 Å². The summed E-state index contributed by atoms with van der Waals surface area (Å²) < 4.78 is 32.0. The monoisotopic (exact) mass is 539 g/mol. The van der Waals surface area contributed by atoms with Crippen molar-refractivity contribution >= 4 is 27.2 Å². The van der Waals surface area contributed by atoms with Crippen LogP contribution in [-0.2, 0) is 0 Å². The van der Waals surface area contributed by atoms with Gasteiger partial charge in [0.15, 0.2) is 5.75 Å². The van der Waals surface area contributed by atoms with E-state index in [9.17, 15) is 23.8 Å². The first-order valence-corrected chi connectivity index (χ1v) is 13.4. The van der Waals surface area contributed by atoms with E-state index in [1.54, 1.807) is 38.1 Å². The highest BCUT2D eigenvalue weighted by molar-refractivity contribution is 7.21. The van der Waals surface area contributed by atoms with Gasteiger partial charge in [-0.25, -0.2) is 4.39 Å². The molecule has 4 aromatic rings. The Morgan fingerprint density at radius 3 is 2.24 bits per heavy atom. The zero-order chi connectivity index (χ0) is 27.2. The number of benzene rings is 3. The minimum Gasteiger partial charge on any atom is -0.508 e. The highest BCUT2D eigenvalue weighted by Crippen LogP contribution is 2.43. The number of ketones is 1. The summed E-state index contributed by atoms with van der Waals surface area (Å²) in [6, 6.07) is 13.6. The van der Waals surface area contributed by atoms with Crippen molar-refractivity contribution < 1.29 is 28.5 Å². The third kappa shape index (κ3) is 6.49. The normalized spacial score (nSPS) is 13.4. The maximum Gasteiger partial charge on any atom is 0.207 e. The van der Waals surface area contributed by atoms with Gasteiger partial charge < -0.3 is 19.8 Å². The average Bonchev–Trinajstić information content (AvgIpc) is 3.52. The highest BCUT2D eigenvalue weighted by atomic mass is 32.1. The third-order valence-electron chi connectivity index (χ3n) is 6.42. The van der Waals surface area contributed by atoms with E-state index in [-0.39, 0.29) is 24.0 Å². The Morgan fingerprint density at radius 2 is 1.61 bits per heavy atom. The van der Waals surface area contributed by atoms with Gasteiger partial charge in [-0.1, -0.05) is 0 Å². The van der Waals surface area contributed by atoms with Crippen LogP contribution in [0.15, 0.2) is 54.6 Å². The molecular formula is C30H31F2NO4S. The highest BCUT2D eigenvalue weighted by Gasteiger charge is 2.25. The molecule has 2 N–H and O–H groups in total. The molecule has 1 saturated heterocycles. The van der Waals surface area contributed by atoms with Gasteiger partial charge in [-0.15, -0.1) is 11.3 Å². The Morgan fingerprint density at radius 1 is 0.974 bits per heavy atom. The van der Waals surface area contributed by atoms with Gasteiger partial charge in [0.05, 0.1) is 6.67 Å². The van der Waals surface area contributed by atoms with Gasteiger partial charge in [-0.05, 0) is 112 Å². The largest absolute Gasteiger partial charge is 0.508 e. The number of hydrogen-bond donors (Lipinski definition) is 2. The van der Waals surface area contributed by atoms with Crippen LogP contribution in [0.2, 0.25) is 0 Å². The van der Waals surface area contributed by atoms with Crippen molar-refractivity contribution in [1.29, 1.82) is 0 Å². The fourth-order valence-corrected chi connectivity index (χ4v) is 5.73. The molecule has 5 rings (SSSR count). The maximum absolute atomic E-state index is 13.7. The molecule has 38 heavy (non-hydrogen) atoms. The molecule has 0 bridgehead atoms. The first-order valence-electron chi connectivity index (χ1n) is 12.6. The molecule has 2 heterocycles. The van der Waals surface area contributed by atoms with Crippen molar-refractivity contribution in [3.8, 4) is 23.0 Å². The molecule has 0 unspecified atom stereocenters. The van der Waals surface area contributed by atoms with E-state index in [0.717, 1.165) is 13.0 Å². The van der Waals surface area contributed by atoms with Crippen LogP contribution in [-0.4, -0.2) is 47.2 Å². The molecule has 200 valence electrons. The van der Waals surface area contributed by atoms with E-state index in [1.165, 1.54) is 67.6 Å². The molecule has 1 aliphatic heterocycles. The molecule has 5 nitrogen and oxygen atoms in total. The molecular weight excluding hydrogens is 508 g/mol. The van der Waals surface area contributed by atoms with Gasteiger partial charge in [0, 0.05) is 22.2 Å². The first kappa shape index (κ1) is 27.5. The standard InChI is InChI=1S/C23H17FO4S.C7H14FN/c1-12-9-14(24)10-13(2)20(12)21(27)23-22(28-17-6-3-15(25)4-7-17)18-8-5-16(26)11-19(18)29-23;8-4-3-7-9-5-1-2-6-9/h3-11,25-26H,1-2H3;1-7H2. The molecule has 0 atom stereocenters. The Balaban J connectivity index is 0.000000317. The first-order chi connectivity index (χ1) is 18.3. The number of thiophene rings is 1. The number of nitrogens with zero attached hydrogens (tertiary/aromatic N) is 1. The number of ether oxygens (including phenoxy) is 1.